The van der Waals surface area contributed by atoms with Crippen molar-refractivity contribution in [1.29, 1.82) is 0 Å². The molecule has 0 spiro atoms. The molecule has 3 aliphatic rings. The molecule has 2 bridgehead atoms. The first-order valence-electron chi connectivity index (χ1n) is 11.1. The van der Waals surface area contributed by atoms with Crippen molar-refractivity contribution in [2.24, 2.45) is 5.92 Å². The van der Waals surface area contributed by atoms with Crippen molar-refractivity contribution in [2.75, 3.05) is 53.0 Å². The van der Waals surface area contributed by atoms with E-state index in [1.54, 1.807) is 0 Å². The standard InChI is InChI=1S/C21H31N3O2.2CH2O2/c1-22-11-18-13-24(14-20(22)16-26-15-18)21(25)19-7-5-17(6-8-19)12-23-9-3-2-4-10-23;2*2-1-3/h5-8,18,20H,2-4,9-16H2,1H3;2*1H,(H,2,3)/t18-,20+;;/m1../s1. The molecule has 3 saturated heterocycles. The summed E-state index contributed by atoms with van der Waals surface area (Å²) in [4.78, 5) is 36.7. The predicted octanol–water partition coefficient (Wildman–Crippen LogP) is 1.48. The molecule has 0 aromatic heterocycles. The maximum absolute atomic E-state index is 13.0. The van der Waals surface area contributed by atoms with E-state index in [0.29, 0.717) is 12.0 Å². The molecule has 2 atom stereocenters. The van der Waals surface area contributed by atoms with E-state index in [0.717, 1.165) is 45.0 Å². The first-order valence-corrected chi connectivity index (χ1v) is 11.1. The van der Waals surface area contributed by atoms with E-state index in [2.05, 4.69) is 29.0 Å². The molecule has 9 nitrogen and oxygen atoms in total. The van der Waals surface area contributed by atoms with E-state index in [1.165, 1.54) is 37.9 Å². The monoisotopic (exact) mass is 449 g/mol. The Kier molecular flexibility index (Phi) is 11.1. The lowest BCUT2D eigenvalue weighted by Crippen LogP contribution is -2.44. The zero-order chi connectivity index (χ0) is 23.3. The van der Waals surface area contributed by atoms with E-state index in [-0.39, 0.29) is 18.9 Å². The fourth-order valence-electron chi connectivity index (χ4n) is 4.53. The second kappa shape index (κ2) is 13.8. The number of rotatable bonds is 3. The van der Waals surface area contributed by atoms with Gasteiger partial charge in [-0.05, 0) is 50.7 Å². The fraction of sp³-hybridized carbons (Fsp3) is 0.609. The highest BCUT2D eigenvalue weighted by molar-refractivity contribution is 5.94. The molecule has 1 amide bonds. The molecule has 0 aliphatic carbocycles. The molecule has 4 rings (SSSR count). The first kappa shape index (κ1) is 25.8. The summed E-state index contributed by atoms with van der Waals surface area (Å²) < 4.78 is 5.77. The normalized spacial score (nSPS) is 23.5. The van der Waals surface area contributed by atoms with Gasteiger partial charge in [-0.3, -0.25) is 24.2 Å². The number of hydrogen-bond acceptors (Lipinski definition) is 6. The Morgan fingerprint density at radius 3 is 2.25 bits per heavy atom. The SMILES string of the molecule is CN1C[C@H]2COC[C@@H]1CN(C(=O)c1ccc(CN3CCCCC3)cc1)C2.O=CO.O=CO. The van der Waals surface area contributed by atoms with Crippen molar-refractivity contribution in [3.8, 4) is 0 Å². The van der Waals surface area contributed by atoms with Gasteiger partial charge in [0.05, 0.1) is 19.3 Å². The van der Waals surface area contributed by atoms with Crippen LogP contribution in [0.4, 0.5) is 0 Å². The van der Waals surface area contributed by atoms with Crippen molar-refractivity contribution >= 4 is 18.9 Å². The van der Waals surface area contributed by atoms with Gasteiger partial charge in [0.25, 0.3) is 18.9 Å². The van der Waals surface area contributed by atoms with Gasteiger partial charge in [-0.25, -0.2) is 0 Å². The zero-order valence-electron chi connectivity index (χ0n) is 18.8. The molecular weight excluding hydrogens is 414 g/mol. The second-order valence-electron chi connectivity index (χ2n) is 8.45. The third-order valence-corrected chi connectivity index (χ3v) is 6.09. The number of fused-ring (bicyclic) bond motifs is 3. The molecular formula is C23H35N3O6. The number of benzene rings is 1. The number of carboxylic acid groups (broad SMARTS) is 2. The van der Waals surface area contributed by atoms with Gasteiger partial charge >= 0.3 is 0 Å². The molecule has 2 N–H and O–H groups in total. The van der Waals surface area contributed by atoms with E-state index in [4.69, 9.17) is 24.5 Å². The van der Waals surface area contributed by atoms with Crippen molar-refractivity contribution in [3.05, 3.63) is 35.4 Å². The van der Waals surface area contributed by atoms with Crippen molar-refractivity contribution in [2.45, 2.75) is 31.8 Å². The van der Waals surface area contributed by atoms with Crippen molar-refractivity contribution in [1.82, 2.24) is 14.7 Å². The van der Waals surface area contributed by atoms with Crippen LogP contribution < -0.4 is 0 Å². The minimum atomic E-state index is -0.250. The first-order chi connectivity index (χ1) is 15.5. The largest absolute Gasteiger partial charge is 0.483 e. The molecule has 3 fully saturated rings. The maximum Gasteiger partial charge on any atom is 0.290 e. The summed E-state index contributed by atoms with van der Waals surface area (Å²) >= 11 is 0. The summed E-state index contributed by atoms with van der Waals surface area (Å²) in [5.41, 5.74) is 2.13. The van der Waals surface area contributed by atoms with Crippen LogP contribution in [0.5, 0.6) is 0 Å². The van der Waals surface area contributed by atoms with E-state index in [9.17, 15) is 4.79 Å². The molecule has 3 heterocycles. The lowest BCUT2D eigenvalue weighted by atomic mass is 10.1. The van der Waals surface area contributed by atoms with Gasteiger partial charge in [0, 0.05) is 37.7 Å². The van der Waals surface area contributed by atoms with Crippen LogP contribution in [0.3, 0.4) is 0 Å². The second-order valence-corrected chi connectivity index (χ2v) is 8.45. The Morgan fingerprint density at radius 1 is 1.00 bits per heavy atom. The van der Waals surface area contributed by atoms with Gasteiger partial charge in [0.1, 0.15) is 0 Å². The Bertz CT molecular complexity index is 702. The topological polar surface area (TPSA) is 111 Å². The summed E-state index contributed by atoms with van der Waals surface area (Å²) in [7, 11) is 2.15. The molecule has 9 heteroatoms. The van der Waals surface area contributed by atoms with Crippen LogP contribution in [0, 0.1) is 5.92 Å². The number of piperidine rings is 1. The van der Waals surface area contributed by atoms with Gasteiger partial charge in [0.15, 0.2) is 0 Å². The highest BCUT2D eigenvalue weighted by Crippen LogP contribution is 2.20. The molecule has 0 unspecified atom stereocenters. The molecule has 3 aliphatic heterocycles. The number of nitrogens with zero attached hydrogens (tertiary/aromatic N) is 3. The van der Waals surface area contributed by atoms with E-state index < -0.39 is 0 Å². The molecule has 0 saturated carbocycles. The van der Waals surface area contributed by atoms with Crippen molar-refractivity contribution < 1.29 is 29.3 Å². The summed E-state index contributed by atoms with van der Waals surface area (Å²) in [5.74, 6) is 0.580. The molecule has 0 radical (unpaired) electrons. The summed E-state index contributed by atoms with van der Waals surface area (Å²) in [6.45, 7) is 6.98. The third kappa shape index (κ3) is 7.89. The molecule has 178 valence electrons. The minimum Gasteiger partial charge on any atom is -0.483 e. The average molecular weight is 450 g/mol. The number of likely N-dealkylation sites (N-methyl/N-ethyl adjacent to an activating group) is 1. The lowest BCUT2D eigenvalue weighted by Gasteiger charge is -2.30. The number of likely N-dealkylation sites (tertiary alicyclic amines) is 1. The van der Waals surface area contributed by atoms with Crippen LogP contribution >= 0.6 is 0 Å². The minimum absolute atomic E-state index is 0.168. The number of amides is 1. The van der Waals surface area contributed by atoms with Gasteiger partial charge in [-0.2, -0.15) is 0 Å². The van der Waals surface area contributed by atoms with Crippen LogP contribution in [0.15, 0.2) is 24.3 Å². The predicted molar refractivity (Wildman–Crippen MR) is 120 cm³/mol. The maximum atomic E-state index is 13.0. The highest BCUT2D eigenvalue weighted by Gasteiger charge is 2.33. The molecule has 1 aromatic carbocycles. The Balaban J connectivity index is 0.000000547. The van der Waals surface area contributed by atoms with Gasteiger partial charge < -0.3 is 19.8 Å². The summed E-state index contributed by atoms with van der Waals surface area (Å²) in [6, 6.07) is 8.61. The van der Waals surface area contributed by atoms with Gasteiger partial charge in [-0.15, -0.1) is 0 Å². The molecule has 32 heavy (non-hydrogen) atoms. The average Bonchev–Trinajstić information content (AvgIpc) is 3.04. The van der Waals surface area contributed by atoms with Crippen LogP contribution in [-0.4, -0.2) is 103 Å². The van der Waals surface area contributed by atoms with Crippen LogP contribution in [0.2, 0.25) is 0 Å². The number of carbonyl (C=O) groups is 3. The third-order valence-electron chi connectivity index (χ3n) is 6.09. The van der Waals surface area contributed by atoms with Crippen LogP contribution in [0.1, 0.15) is 35.2 Å². The van der Waals surface area contributed by atoms with Gasteiger partial charge in [0.2, 0.25) is 0 Å². The van der Waals surface area contributed by atoms with E-state index in [1.807, 2.05) is 17.0 Å². The lowest BCUT2D eigenvalue weighted by molar-refractivity contribution is -0.123. The molecule has 1 aromatic rings. The number of hydrogen-bond donors (Lipinski definition) is 2. The summed E-state index contributed by atoms with van der Waals surface area (Å²) in [5, 5.41) is 13.8. The summed E-state index contributed by atoms with van der Waals surface area (Å²) in [6.07, 6.45) is 3.99. The zero-order valence-corrected chi connectivity index (χ0v) is 18.8. The highest BCUT2D eigenvalue weighted by atomic mass is 16.5. The fourth-order valence-corrected chi connectivity index (χ4v) is 4.53. The smallest absolute Gasteiger partial charge is 0.290 e. The van der Waals surface area contributed by atoms with Crippen molar-refractivity contribution in [3.63, 3.8) is 0 Å². The van der Waals surface area contributed by atoms with Crippen LogP contribution in [-0.2, 0) is 20.9 Å². The van der Waals surface area contributed by atoms with Gasteiger partial charge in [-0.1, -0.05) is 18.6 Å². The quantitative estimate of drug-likeness (QED) is 0.668. The van der Waals surface area contributed by atoms with E-state index >= 15 is 0 Å². The Labute approximate surface area is 189 Å². The number of carbonyl (C=O) groups excluding carboxylic acids is 1. The van der Waals surface area contributed by atoms with Crippen LogP contribution in [0.25, 0.3) is 0 Å². The number of ether oxygens (including phenoxy) is 1. The Hall–Kier alpha value is -2.49. The Morgan fingerprint density at radius 2 is 1.62 bits per heavy atom.